The summed E-state index contributed by atoms with van der Waals surface area (Å²) in [7, 11) is 1.90. The molecule has 0 aliphatic rings. The minimum atomic E-state index is -0.516. The summed E-state index contributed by atoms with van der Waals surface area (Å²) in [6.07, 6.45) is 1.53. The smallest absolute Gasteiger partial charge is 0.412 e. The average molecular weight is 316 g/mol. The normalized spacial score (nSPS) is 11.2. The van der Waals surface area contributed by atoms with E-state index in [-0.39, 0.29) is 0 Å². The molecule has 1 amide bonds. The molecule has 0 bridgehead atoms. The summed E-state index contributed by atoms with van der Waals surface area (Å²) in [5, 5.41) is 10.4. The lowest BCUT2D eigenvalue weighted by Gasteiger charge is -2.19. The average Bonchev–Trinajstić information content (AvgIpc) is 2.73. The number of hydrogen-bond acceptors (Lipinski definition) is 4. The van der Waals surface area contributed by atoms with Crippen molar-refractivity contribution in [1.29, 1.82) is 0 Å². The van der Waals surface area contributed by atoms with Gasteiger partial charge in [-0.25, -0.2) is 4.79 Å². The first-order valence-corrected chi connectivity index (χ1v) is 7.56. The van der Waals surface area contributed by atoms with Crippen LogP contribution in [0.1, 0.15) is 32.0 Å². The number of hydrogen-bond donors (Lipinski definition) is 2. The number of benzene rings is 1. The van der Waals surface area contributed by atoms with Gasteiger partial charge in [-0.05, 0) is 45.9 Å². The zero-order valence-corrected chi connectivity index (χ0v) is 14.3. The van der Waals surface area contributed by atoms with E-state index in [1.54, 1.807) is 4.68 Å². The molecule has 0 unspecified atom stereocenters. The lowest BCUT2D eigenvalue weighted by atomic mass is 10.2. The van der Waals surface area contributed by atoms with Crippen LogP contribution in [0.2, 0.25) is 0 Å². The molecule has 2 rings (SSSR count). The molecule has 23 heavy (non-hydrogen) atoms. The van der Waals surface area contributed by atoms with E-state index >= 15 is 0 Å². The molecule has 0 saturated heterocycles. The molecule has 0 spiro atoms. The first kappa shape index (κ1) is 16.9. The Hall–Kier alpha value is -2.50. The molecular formula is C17H24N4O2. The van der Waals surface area contributed by atoms with Crippen molar-refractivity contribution in [2.75, 3.05) is 10.6 Å². The quantitative estimate of drug-likeness (QED) is 0.902. The number of nitrogens with zero attached hydrogens (tertiary/aromatic N) is 2. The van der Waals surface area contributed by atoms with Crippen molar-refractivity contribution in [3.05, 3.63) is 41.7 Å². The van der Waals surface area contributed by atoms with Gasteiger partial charge in [0.25, 0.3) is 0 Å². The van der Waals surface area contributed by atoms with E-state index in [2.05, 4.69) is 15.7 Å². The van der Waals surface area contributed by atoms with Crippen molar-refractivity contribution >= 4 is 17.5 Å². The van der Waals surface area contributed by atoms with E-state index in [9.17, 15) is 4.79 Å². The van der Waals surface area contributed by atoms with Crippen LogP contribution in [0.5, 0.6) is 0 Å². The fourth-order valence-corrected chi connectivity index (χ4v) is 2.15. The molecular weight excluding hydrogens is 292 g/mol. The molecule has 1 aromatic carbocycles. The van der Waals surface area contributed by atoms with Crippen LogP contribution >= 0.6 is 0 Å². The van der Waals surface area contributed by atoms with Crippen LogP contribution in [0.15, 0.2) is 30.5 Å². The van der Waals surface area contributed by atoms with Gasteiger partial charge in [0.2, 0.25) is 0 Å². The third-order valence-electron chi connectivity index (χ3n) is 3.11. The molecule has 0 aliphatic carbocycles. The predicted molar refractivity (Wildman–Crippen MR) is 91.6 cm³/mol. The van der Waals surface area contributed by atoms with Crippen molar-refractivity contribution < 1.29 is 9.53 Å². The number of carbonyl (C=O) groups excluding carboxylic acids is 1. The predicted octanol–water partition coefficient (Wildman–Crippen LogP) is 3.69. The molecule has 1 heterocycles. The number of nitrogens with one attached hydrogen (secondary N) is 2. The standard InChI is InChI=1S/C17H24N4O2/c1-12-13(11-21(5)20-12)10-18-14-7-6-8-15(9-14)19-16(22)23-17(2,3)4/h6-9,11,18H,10H2,1-5H3,(H,19,22). The highest BCUT2D eigenvalue weighted by molar-refractivity contribution is 5.85. The Morgan fingerprint density at radius 3 is 2.61 bits per heavy atom. The van der Waals surface area contributed by atoms with Crippen LogP contribution in [0, 0.1) is 6.92 Å². The molecule has 0 aliphatic heterocycles. The maximum atomic E-state index is 11.8. The van der Waals surface area contributed by atoms with Gasteiger partial charge in [-0.15, -0.1) is 0 Å². The van der Waals surface area contributed by atoms with Crippen LogP contribution in [-0.4, -0.2) is 21.5 Å². The highest BCUT2D eigenvalue weighted by Crippen LogP contribution is 2.18. The Kier molecular flexibility index (Phi) is 4.93. The van der Waals surface area contributed by atoms with Gasteiger partial charge < -0.3 is 10.1 Å². The summed E-state index contributed by atoms with van der Waals surface area (Å²) in [5.41, 5.74) is 3.23. The van der Waals surface area contributed by atoms with Crippen molar-refractivity contribution in [2.24, 2.45) is 7.05 Å². The van der Waals surface area contributed by atoms with Crippen molar-refractivity contribution in [1.82, 2.24) is 9.78 Å². The maximum Gasteiger partial charge on any atom is 0.412 e. The summed E-state index contributed by atoms with van der Waals surface area (Å²) in [6, 6.07) is 7.52. The number of aryl methyl sites for hydroxylation is 2. The maximum absolute atomic E-state index is 11.8. The number of aromatic nitrogens is 2. The van der Waals surface area contributed by atoms with Gasteiger partial charge in [0.1, 0.15) is 5.60 Å². The summed E-state index contributed by atoms with van der Waals surface area (Å²) in [4.78, 5) is 11.8. The minimum absolute atomic E-state index is 0.460. The van der Waals surface area contributed by atoms with E-state index in [1.165, 1.54) is 0 Å². The molecule has 0 fully saturated rings. The Labute approximate surface area is 136 Å². The molecule has 6 heteroatoms. The Morgan fingerprint density at radius 1 is 1.30 bits per heavy atom. The van der Waals surface area contributed by atoms with E-state index in [4.69, 9.17) is 4.74 Å². The third kappa shape index (κ3) is 5.32. The fourth-order valence-electron chi connectivity index (χ4n) is 2.15. The van der Waals surface area contributed by atoms with Gasteiger partial charge in [0, 0.05) is 36.7 Å². The molecule has 0 saturated carbocycles. The van der Waals surface area contributed by atoms with E-state index in [0.29, 0.717) is 12.2 Å². The first-order valence-electron chi connectivity index (χ1n) is 7.56. The molecule has 124 valence electrons. The van der Waals surface area contributed by atoms with Crippen LogP contribution in [0.3, 0.4) is 0 Å². The molecule has 2 aromatic rings. The number of amides is 1. The summed E-state index contributed by atoms with van der Waals surface area (Å²) in [5.74, 6) is 0. The van der Waals surface area contributed by atoms with E-state index in [1.807, 2.05) is 65.2 Å². The van der Waals surface area contributed by atoms with Crippen LogP contribution in [0.4, 0.5) is 16.2 Å². The third-order valence-corrected chi connectivity index (χ3v) is 3.11. The number of ether oxygens (including phenoxy) is 1. The van der Waals surface area contributed by atoms with Crippen LogP contribution in [-0.2, 0) is 18.3 Å². The minimum Gasteiger partial charge on any atom is -0.444 e. The fraction of sp³-hybridized carbons (Fsp3) is 0.412. The SMILES string of the molecule is Cc1nn(C)cc1CNc1cccc(NC(=O)OC(C)(C)C)c1. The number of rotatable bonds is 4. The highest BCUT2D eigenvalue weighted by atomic mass is 16.6. The van der Waals surface area contributed by atoms with E-state index < -0.39 is 11.7 Å². The number of anilines is 2. The highest BCUT2D eigenvalue weighted by Gasteiger charge is 2.16. The number of carbonyl (C=O) groups is 1. The lowest BCUT2D eigenvalue weighted by molar-refractivity contribution is 0.0636. The topological polar surface area (TPSA) is 68.2 Å². The van der Waals surface area contributed by atoms with Crippen molar-refractivity contribution in [2.45, 2.75) is 39.8 Å². The Morgan fingerprint density at radius 2 is 2.00 bits per heavy atom. The molecule has 1 aromatic heterocycles. The Balaban J connectivity index is 1.97. The van der Waals surface area contributed by atoms with E-state index in [0.717, 1.165) is 16.9 Å². The largest absolute Gasteiger partial charge is 0.444 e. The molecule has 0 atom stereocenters. The van der Waals surface area contributed by atoms with Gasteiger partial charge in [-0.2, -0.15) is 5.10 Å². The van der Waals surface area contributed by atoms with Gasteiger partial charge in [0.15, 0.2) is 0 Å². The second kappa shape index (κ2) is 6.73. The van der Waals surface area contributed by atoms with Crippen molar-refractivity contribution in [3.63, 3.8) is 0 Å². The first-order chi connectivity index (χ1) is 10.7. The van der Waals surface area contributed by atoms with Gasteiger partial charge in [-0.3, -0.25) is 10.00 Å². The second-order valence-corrected chi connectivity index (χ2v) is 6.47. The van der Waals surface area contributed by atoms with Crippen LogP contribution in [0.25, 0.3) is 0 Å². The zero-order chi connectivity index (χ0) is 17.0. The van der Waals surface area contributed by atoms with Crippen LogP contribution < -0.4 is 10.6 Å². The van der Waals surface area contributed by atoms with Gasteiger partial charge in [-0.1, -0.05) is 6.07 Å². The molecule has 6 nitrogen and oxygen atoms in total. The summed E-state index contributed by atoms with van der Waals surface area (Å²) >= 11 is 0. The van der Waals surface area contributed by atoms with Gasteiger partial charge >= 0.3 is 6.09 Å². The molecule has 0 radical (unpaired) electrons. The monoisotopic (exact) mass is 316 g/mol. The van der Waals surface area contributed by atoms with Crippen molar-refractivity contribution in [3.8, 4) is 0 Å². The zero-order valence-electron chi connectivity index (χ0n) is 14.3. The second-order valence-electron chi connectivity index (χ2n) is 6.47. The summed E-state index contributed by atoms with van der Waals surface area (Å²) in [6.45, 7) is 8.16. The summed E-state index contributed by atoms with van der Waals surface area (Å²) < 4.78 is 7.05. The lowest BCUT2D eigenvalue weighted by Crippen LogP contribution is -2.27. The molecule has 2 N–H and O–H groups in total. The Bertz CT molecular complexity index is 686. The van der Waals surface area contributed by atoms with Gasteiger partial charge in [0.05, 0.1) is 5.69 Å².